The molecule has 5 rings (SSSR count). The number of aromatic nitrogens is 2. The van der Waals surface area contributed by atoms with Crippen molar-refractivity contribution in [3.05, 3.63) is 59.7 Å². The van der Waals surface area contributed by atoms with Gasteiger partial charge in [0.2, 0.25) is 27.6 Å². The van der Waals surface area contributed by atoms with E-state index in [1.807, 2.05) is 0 Å². The van der Waals surface area contributed by atoms with Crippen molar-refractivity contribution in [2.45, 2.75) is 44.0 Å². The van der Waals surface area contributed by atoms with Gasteiger partial charge in [0.25, 0.3) is 0 Å². The summed E-state index contributed by atoms with van der Waals surface area (Å²) in [5, 5.41) is 6.91. The lowest BCUT2D eigenvalue weighted by Gasteiger charge is -2.30. The first-order chi connectivity index (χ1) is 17.8. The molecule has 1 atom stereocenters. The molecule has 2 saturated heterocycles. The largest absolute Gasteiger partial charge is 0.338 e. The molecule has 37 heavy (non-hydrogen) atoms. The topological polar surface area (TPSA) is 109 Å². The number of anilines is 1. The SMILES string of the molecule is Cc1ccc(NC(=O)C2CCCN(Cc3nc(-c4ccc(F)cc4)no3)C2)cc1S(=O)(=O)N1CCCC1. The summed E-state index contributed by atoms with van der Waals surface area (Å²) in [4.78, 5) is 19.8. The molecule has 3 heterocycles. The molecule has 2 aromatic carbocycles. The maximum absolute atomic E-state index is 13.2. The highest BCUT2D eigenvalue weighted by Gasteiger charge is 2.30. The van der Waals surface area contributed by atoms with E-state index < -0.39 is 10.0 Å². The van der Waals surface area contributed by atoms with Crippen molar-refractivity contribution in [1.82, 2.24) is 19.3 Å². The monoisotopic (exact) mass is 527 g/mol. The minimum absolute atomic E-state index is 0.143. The summed E-state index contributed by atoms with van der Waals surface area (Å²) in [5.41, 5.74) is 1.80. The number of rotatable bonds is 7. The van der Waals surface area contributed by atoms with E-state index in [0.717, 1.165) is 32.2 Å². The molecule has 0 spiro atoms. The second-order valence-corrected chi connectivity index (χ2v) is 11.6. The van der Waals surface area contributed by atoms with E-state index in [1.165, 1.54) is 16.4 Å². The number of carbonyl (C=O) groups is 1. The van der Waals surface area contributed by atoms with E-state index in [2.05, 4.69) is 20.4 Å². The molecule has 0 bridgehead atoms. The number of carbonyl (C=O) groups excluding carboxylic acids is 1. The van der Waals surface area contributed by atoms with Crippen LogP contribution < -0.4 is 5.32 Å². The number of benzene rings is 2. The third kappa shape index (κ3) is 5.73. The van der Waals surface area contributed by atoms with Gasteiger partial charge in [-0.15, -0.1) is 0 Å². The number of piperidine rings is 1. The molecule has 1 unspecified atom stereocenters. The summed E-state index contributed by atoms with van der Waals surface area (Å²) in [5.74, 6) is 0.0833. The third-order valence-corrected chi connectivity index (χ3v) is 8.98. The zero-order chi connectivity index (χ0) is 26.0. The van der Waals surface area contributed by atoms with Crippen LogP contribution in [-0.2, 0) is 21.4 Å². The van der Waals surface area contributed by atoms with Gasteiger partial charge in [0, 0.05) is 30.9 Å². The molecule has 0 saturated carbocycles. The van der Waals surface area contributed by atoms with Gasteiger partial charge in [-0.1, -0.05) is 11.2 Å². The molecule has 196 valence electrons. The molecule has 2 aliphatic heterocycles. The molecule has 1 N–H and O–H groups in total. The lowest BCUT2D eigenvalue weighted by atomic mass is 9.97. The second kappa shape index (κ2) is 10.7. The molecule has 0 aliphatic carbocycles. The highest BCUT2D eigenvalue weighted by atomic mass is 32.2. The number of sulfonamides is 1. The van der Waals surface area contributed by atoms with Crippen LogP contribution in [0.3, 0.4) is 0 Å². The summed E-state index contributed by atoms with van der Waals surface area (Å²) in [7, 11) is -3.58. The number of aryl methyl sites for hydroxylation is 1. The van der Waals surface area contributed by atoms with Gasteiger partial charge in [0.15, 0.2) is 0 Å². The normalized spacial score (nSPS) is 19.2. The second-order valence-electron chi connectivity index (χ2n) is 9.67. The van der Waals surface area contributed by atoms with Crippen molar-refractivity contribution in [2.75, 3.05) is 31.5 Å². The minimum Gasteiger partial charge on any atom is -0.338 e. The smallest absolute Gasteiger partial charge is 0.243 e. The molecule has 0 radical (unpaired) electrons. The molecule has 2 fully saturated rings. The number of nitrogens with zero attached hydrogens (tertiary/aromatic N) is 4. The number of likely N-dealkylation sites (tertiary alicyclic amines) is 1. The molecule has 1 aromatic heterocycles. The van der Waals surface area contributed by atoms with Crippen LogP contribution in [0.5, 0.6) is 0 Å². The highest BCUT2D eigenvalue weighted by molar-refractivity contribution is 7.89. The number of hydrogen-bond donors (Lipinski definition) is 1. The first-order valence-electron chi connectivity index (χ1n) is 12.5. The molecule has 11 heteroatoms. The quantitative estimate of drug-likeness (QED) is 0.498. The van der Waals surface area contributed by atoms with Crippen LogP contribution in [0.15, 0.2) is 51.9 Å². The van der Waals surface area contributed by atoms with Gasteiger partial charge in [-0.25, -0.2) is 12.8 Å². The van der Waals surface area contributed by atoms with E-state index >= 15 is 0 Å². The van der Waals surface area contributed by atoms with Gasteiger partial charge >= 0.3 is 0 Å². The first kappa shape index (κ1) is 25.5. The summed E-state index contributed by atoms with van der Waals surface area (Å²) in [6, 6.07) is 10.9. The van der Waals surface area contributed by atoms with Gasteiger partial charge in [-0.3, -0.25) is 9.69 Å². The Morgan fingerprint density at radius 2 is 1.86 bits per heavy atom. The van der Waals surface area contributed by atoms with Crippen LogP contribution in [0.4, 0.5) is 10.1 Å². The predicted molar refractivity (Wildman–Crippen MR) is 135 cm³/mol. The number of hydrogen-bond acceptors (Lipinski definition) is 7. The number of amides is 1. The Balaban J connectivity index is 1.22. The van der Waals surface area contributed by atoms with Crippen LogP contribution in [-0.4, -0.2) is 59.8 Å². The van der Waals surface area contributed by atoms with Gasteiger partial charge in [0.05, 0.1) is 17.4 Å². The summed E-state index contributed by atoms with van der Waals surface area (Å²) in [6.45, 7) is 4.54. The van der Waals surface area contributed by atoms with Crippen molar-refractivity contribution < 1.29 is 22.1 Å². The average Bonchev–Trinajstić information content (AvgIpc) is 3.59. The highest BCUT2D eigenvalue weighted by Crippen LogP contribution is 2.27. The van der Waals surface area contributed by atoms with Gasteiger partial charge < -0.3 is 9.84 Å². The zero-order valence-corrected chi connectivity index (χ0v) is 21.5. The van der Waals surface area contributed by atoms with Crippen molar-refractivity contribution in [3.8, 4) is 11.4 Å². The Kier molecular flexibility index (Phi) is 7.36. The number of nitrogens with one attached hydrogen (secondary N) is 1. The van der Waals surface area contributed by atoms with Crippen molar-refractivity contribution in [2.24, 2.45) is 5.92 Å². The molecule has 2 aliphatic rings. The lowest BCUT2D eigenvalue weighted by Crippen LogP contribution is -2.40. The predicted octanol–water partition coefficient (Wildman–Crippen LogP) is 3.82. The third-order valence-electron chi connectivity index (χ3n) is 6.94. The van der Waals surface area contributed by atoms with Crippen LogP contribution in [0.1, 0.15) is 37.1 Å². The standard InChI is InChI=1S/C26H30FN5O4S/c1-18-6-11-22(15-23(18)37(34,35)32-13-2-3-14-32)28-26(33)20-5-4-12-31(16-20)17-24-29-25(30-36-24)19-7-9-21(27)10-8-19/h6-11,15,20H,2-5,12-14,16-17H2,1H3,(H,28,33). The maximum Gasteiger partial charge on any atom is 0.243 e. The van der Waals surface area contributed by atoms with E-state index in [4.69, 9.17) is 4.52 Å². The van der Waals surface area contributed by atoms with Crippen molar-refractivity contribution in [1.29, 1.82) is 0 Å². The molecular formula is C26H30FN5O4S. The van der Waals surface area contributed by atoms with E-state index in [1.54, 1.807) is 37.3 Å². The Labute approximate surface area is 215 Å². The van der Waals surface area contributed by atoms with E-state index in [9.17, 15) is 17.6 Å². The maximum atomic E-state index is 13.2. The summed E-state index contributed by atoms with van der Waals surface area (Å²) >= 11 is 0. The first-order valence-corrected chi connectivity index (χ1v) is 14.0. The van der Waals surface area contributed by atoms with Crippen molar-refractivity contribution >= 4 is 21.6 Å². The Morgan fingerprint density at radius 1 is 1.11 bits per heavy atom. The minimum atomic E-state index is -3.58. The van der Waals surface area contributed by atoms with Gasteiger partial charge in [0.1, 0.15) is 5.82 Å². The van der Waals surface area contributed by atoms with E-state index in [-0.39, 0.29) is 22.5 Å². The average molecular weight is 528 g/mol. The molecule has 3 aromatic rings. The Hall–Kier alpha value is -3.15. The molecule has 9 nitrogen and oxygen atoms in total. The fourth-order valence-electron chi connectivity index (χ4n) is 4.91. The Bertz CT molecular complexity index is 1370. The summed E-state index contributed by atoms with van der Waals surface area (Å²) in [6.07, 6.45) is 3.30. The van der Waals surface area contributed by atoms with Crippen LogP contribution >= 0.6 is 0 Å². The lowest BCUT2D eigenvalue weighted by molar-refractivity contribution is -0.121. The van der Waals surface area contributed by atoms with Crippen LogP contribution in [0.25, 0.3) is 11.4 Å². The van der Waals surface area contributed by atoms with Crippen LogP contribution in [0, 0.1) is 18.7 Å². The molecule has 1 amide bonds. The molecular weight excluding hydrogens is 497 g/mol. The Morgan fingerprint density at radius 3 is 2.62 bits per heavy atom. The van der Waals surface area contributed by atoms with E-state index in [0.29, 0.717) is 54.7 Å². The zero-order valence-electron chi connectivity index (χ0n) is 20.7. The number of halogens is 1. The van der Waals surface area contributed by atoms with Gasteiger partial charge in [-0.05, 0) is 81.1 Å². The van der Waals surface area contributed by atoms with Gasteiger partial charge in [-0.2, -0.15) is 9.29 Å². The van der Waals surface area contributed by atoms with Crippen LogP contribution in [0.2, 0.25) is 0 Å². The fraction of sp³-hybridized carbons (Fsp3) is 0.423. The summed E-state index contributed by atoms with van der Waals surface area (Å²) < 4.78 is 46.3. The fourth-order valence-corrected chi connectivity index (χ4v) is 6.68. The van der Waals surface area contributed by atoms with Crippen molar-refractivity contribution in [3.63, 3.8) is 0 Å².